The largest absolute Gasteiger partial charge is 0.355 e. The summed E-state index contributed by atoms with van der Waals surface area (Å²) >= 11 is 1.38. The van der Waals surface area contributed by atoms with Gasteiger partial charge in [0.2, 0.25) is 5.91 Å². The van der Waals surface area contributed by atoms with Gasteiger partial charge in [0, 0.05) is 49.8 Å². The second-order valence-electron chi connectivity index (χ2n) is 5.89. The third kappa shape index (κ3) is 6.46. The molecule has 0 saturated carbocycles. The molecule has 132 valence electrons. The summed E-state index contributed by atoms with van der Waals surface area (Å²) < 4.78 is 0. The van der Waals surface area contributed by atoms with Crippen LogP contribution in [0.5, 0.6) is 0 Å². The summed E-state index contributed by atoms with van der Waals surface area (Å²) in [6, 6.07) is 6.25. The average Bonchev–Trinajstić information content (AvgIpc) is 2.59. The van der Waals surface area contributed by atoms with Crippen molar-refractivity contribution in [2.24, 2.45) is 0 Å². The Bertz CT molecular complexity index is 545. The van der Waals surface area contributed by atoms with Crippen LogP contribution in [0, 0.1) is 10.1 Å². The Labute approximate surface area is 146 Å². The first-order valence-corrected chi connectivity index (χ1v) is 9.08. The minimum atomic E-state index is -0.429. The van der Waals surface area contributed by atoms with Crippen molar-refractivity contribution in [1.82, 2.24) is 15.1 Å². The maximum Gasteiger partial charge on any atom is 0.269 e. The molecule has 0 aliphatic carbocycles. The molecular formula is C16H24N4O3S. The number of benzene rings is 1. The Morgan fingerprint density at radius 3 is 2.54 bits per heavy atom. The maximum absolute atomic E-state index is 11.8. The van der Waals surface area contributed by atoms with Crippen molar-refractivity contribution in [3.05, 3.63) is 34.4 Å². The summed E-state index contributed by atoms with van der Waals surface area (Å²) in [6.07, 6.45) is 0.956. The minimum Gasteiger partial charge on any atom is -0.355 e. The number of nitro groups is 1. The van der Waals surface area contributed by atoms with Gasteiger partial charge < -0.3 is 15.1 Å². The number of rotatable bonds is 8. The highest BCUT2D eigenvalue weighted by Gasteiger charge is 2.13. The number of thioether (sulfide) groups is 1. The number of nitro benzene ring substituents is 1. The zero-order valence-corrected chi connectivity index (χ0v) is 14.8. The van der Waals surface area contributed by atoms with Crippen LogP contribution < -0.4 is 5.32 Å². The van der Waals surface area contributed by atoms with Crippen LogP contribution in [0.4, 0.5) is 5.69 Å². The van der Waals surface area contributed by atoms with Gasteiger partial charge in [0.1, 0.15) is 0 Å². The van der Waals surface area contributed by atoms with Crippen LogP contribution in [-0.4, -0.2) is 72.7 Å². The molecule has 24 heavy (non-hydrogen) atoms. The zero-order chi connectivity index (χ0) is 17.4. The molecule has 1 amide bonds. The number of carbonyl (C=O) groups is 1. The lowest BCUT2D eigenvalue weighted by Crippen LogP contribution is -2.45. The highest BCUT2D eigenvalue weighted by atomic mass is 32.2. The number of amides is 1. The third-order valence-electron chi connectivity index (χ3n) is 3.99. The van der Waals surface area contributed by atoms with Crippen molar-refractivity contribution in [1.29, 1.82) is 0 Å². The van der Waals surface area contributed by atoms with Crippen LogP contribution in [0.3, 0.4) is 0 Å². The van der Waals surface area contributed by atoms with Gasteiger partial charge in [-0.15, -0.1) is 11.8 Å². The molecule has 0 atom stereocenters. The van der Waals surface area contributed by atoms with Crippen LogP contribution in [0.1, 0.15) is 6.42 Å². The Hall–Kier alpha value is -1.64. The molecular weight excluding hydrogens is 328 g/mol. The Morgan fingerprint density at radius 2 is 1.92 bits per heavy atom. The van der Waals surface area contributed by atoms with Gasteiger partial charge in [0.25, 0.3) is 5.69 Å². The van der Waals surface area contributed by atoms with Crippen LogP contribution in [-0.2, 0) is 4.79 Å². The lowest BCUT2D eigenvalue weighted by Gasteiger charge is -2.32. The fraction of sp³-hybridized carbons (Fsp3) is 0.562. The number of nitrogens with zero attached hydrogens (tertiary/aromatic N) is 3. The Balaban J connectivity index is 1.57. The highest BCUT2D eigenvalue weighted by Crippen LogP contribution is 2.20. The van der Waals surface area contributed by atoms with E-state index >= 15 is 0 Å². The number of hydrogen-bond donors (Lipinski definition) is 1. The molecule has 7 nitrogen and oxygen atoms in total. The summed E-state index contributed by atoms with van der Waals surface area (Å²) in [6.45, 7) is 6.12. The predicted octanol–water partition coefficient (Wildman–Crippen LogP) is 1.44. The van der Waals surface area contributed by atoms with Crippen LogP contribution >= 0.6 is 11.8 Å². The van der Waals surface area contributed by atoms with E-state index in [1.54, 1.807) is 12.1 Å². The van der Waals surface area contributed by atoms with Gasteiger partial charge in [-0.3, -0.25) is 14.9 Å². The Kier molecular flexibility index (Phi) is 7.48. The van der Waals surface area contributed by atoms with Crippen LogP contribution in [0.15, 0.2) is 29.2 Å². The summed E-state index contributed by atoms with van der Waals surface area (Å²) in [7, 11) is 2.14. The van der Waals surface area contributed by atoms with Crippen molar-refractivity contribution < 1.29 is 9.72 Å². The van der Waals surface area contributed by atoms with Crippen LogP contribution in [0.2, 0.25) is 0 Å². The maximum atomic E-state index is 11.8. The number of carbonyl (C=O) groups excluding carboxylic acids is 1. The number of hydrogen-bond acceptors (Lipinski definition) is 6. The first kappa shape index (κ1) is 18.7. The van der Waals surface area contributed by atoms with Gasteiger partial charge in [-0.25, -0.2) is 0 Å². The molecule has 1 aromatic rings. The molecule has 0 bridgehead atoms. The molecule has 2 rings (SSSR count). The first-order valence-electron chi connectivity index (χ1n) is 8.09. The van der Waals surface area contributed by atoms with E-state index < -0.39 is 4.92 Å². The van der Waals surface area contributed by atoms with E-state index in [1.165, 1.54) is 23.9 Å². The quantitative estimate of drug-likeness (QED) is 0.330. The molecule has 1 saturated heterocycles. The van der Waals surface area contributed by atoms with E-state index in [9.17, 15) is 14.9 Å². The lowest BCUT2D eigenvalue weighted by molar-refractivity contribution is -0.384. The second kappa shape index (κ2) is 9.61. The number of likely N-dealkylation sites (N-methyl/N-ethyl adjacent to an activating group) is 1. The lowest BCUT2D eigenvalue weighted by atomic mass is 10.3. The zero-order valence-electron chi connectivity index (χ0n) is 13.9. The van der Waals surface area contributed by atoms with E-state index in [4.69, 9.17) is 0 Å². The molecule has 1 aliphatic rings. The molecule has 8 heteroatoms. The first-order chi connectivity index (χ1) is 11.5. The van der Waals surface area contributed by atoms with Crippen molar-refractivity contribution in [2.75, 3.05) is 52.1 Å². The van der Waals surface area contributed by atoms with Gasteiger partial charge >= 0.3 is 0 Å². The second-order valence-corrected chi connectivity index (χ2v) is 6.94. The van der Waals surface area contributed by atoms with Crippen molar-refractivity contribution in [2.45, 2.75) is 11.3 Å². The Morgan fingerprint density at radius 1 is 1.25 bits per heavy atom. The number of nitrogens with one attached hydrogen (secondary N) is 1. The van der Waals surface area contributed by atoms with E-state index in [-0.39, 0.29) is 11.6 Å². The summed E-state index contributed by atoms with van der Waals surface area (Å²) in [5, 5.41) is 13.5. The van der Waals surface area contributed by atoms with Crippen LogP contribution in [0.25, 0.3) is 0 Å². The molecule has 0 unspecified atom stereocenters. The molecule has 0 aromatic heterocycles. The predicted molar refractivity (Wildman–Crippen MR) is 95.4 cm³/mol. The van der Waals surface area contributed by atoms with E-state index in [0.29, 0.717) is 12.3 Å². The molecule has 1 aliphatic heterocycles. The molecule has 1 N–H and O–H groups in total. The molecule has 1 aromatic carbocycles. The third-order valence-corrected chi connectivity index (χ3v) is 5.00. The fourth-order valence-electron chi connectivity index (χ4n) is 2.47. The molecule has 1 heterocycles. The van der Waals surface area contributed by atoms with Gasteiger partial charge in [-0.1, -0.05) is 0 Å². The average molecular weight is 352 g/mol. The van der Waals surface area contributed by atoms with Crippen molar-refractivity contribution in [3.63, 3.8) is 0 Å². The highest BCUT2D eigenvalue weighted by molar-refractivity contribution is 8.00. The normalized spacial score (nSPS) is 16.0. The SMILES string of the molecule is CN1CCN(CCCNC(=O)CSc2ccc([N+](=O)[O-])cc2)CC1. The van der Waals surface area contributed by atoms with Gasteiger partial charge in [0.15, 0.2) is 0 Å². The summed E-state index contributed by atoms with van der Waals surface area (Å²) in [4.78, 5) is 27.6. The van der Waals surface area contributed by atoms with Gasteiger partial charge in [-0.2, -0.15) is 0 Å². The van der Waals surface area contributed by atoms with Gasteiger partial charge in [-0.05, 0) is 32.1 Å². The van der Waals surface area contributed by atoms with E-state index in [1.807, 2.05) is 0 Å². The van der Waals surface area contributed by atoms with Crippen molar-refractivity contribution in [3.8, 4) is 0 Å². The number of non-ortho nitro benzene ring substituents is 1. The van der Waals surface area contributed by atoms with E-state index in [2.05, 4.69) is 22.2 Å². The monoisotopic (exact) mass is 352 g/mol. The van der Waals surface area contributed by atoms with Crippen molar-refractivity contribution >= 4 is 23.4 Å². The minimum absolute atomic E-state index is 0.00303. The van der Waals surface area contributed by atoms with Gasteiger partial charge in [0.05, 0.1) is 10.7 Å². The fourth-order valence-corrected chi connectivity index (χ4v) is 3.19. The summed E-state index contributed by atoms with van der Waals surface area (Å²) in [5.41, 5.74) is 0.0627. The number of piperazine rings is 1. The molecule has 0 spiro atoms. The molecule has 0 radical (unpaired) electrons. The standard InChI is InChI=1S/C16H24N4O3S/c1-18-9-11-19(12-10-18)8-2-7-17-16(21)13-24-15-5-3-14(4-6-15)20(22)23/h3-6H,2,7-13H2,1H3,(H,17,21). The summed E-state index contributed by atoms with van der Waals surface area (Å²) in [5.74, 6) is 0.323. The topological polar surface area (TPSA) is 78.7 Å². The smallest absolute Gasteiger partial charge is 0.269 e. The molecule has 1 fully saturated rings. The van der Waals surface area contributed by atoms with E-state index in [0.717, 1.165) is 44.0 Å².